The van der Waals surface area contributed by atoms with Crippen LogP contribution in [0.25, 0.3) is 22.0 Å². The van der Waals surface area contributed by atoms with Crippen LogP contribution >= 0.6 is 11.6 Å². The van der Waals surface area contributed by atoms with Gasteiger partial charge in [0.1, 0.15) is 40.0 Å². The number of nitrogens with one attached hydrogen (secondary N) is 2. The van der Waals surface area contributed by atoms with Crippen molar-refractivity contribution >= 4 is 54.1 Å². The van der Waals surface area contributed by atoms with E-state index in [9.17, 15) is 39.2 Å². The number of aromatic nitrogens is 5. The number of benzene rings is 2. The first kappa shape index (κ1) is 46.4. The molecule has 3 aromatic heterocycles. The first-order valence-electron chi connectivity index (χ1n) is 20.8. The smallest absolute Gasteiger partial charge is 0.292 e. The largest absolute Gasteiger partial charge is 0.346 e. The van der Waals surface area contributed by atoms with E-state index < -0.39 is 102 Å². The number of hydrogen-bond acceptors (Lipinski definition) is 8. The molecule has 1 amide bonds. The number of rotatable bonds is 14. The van der Waals surface area contributed by atoms with Gasteiger partial charge in [0.15, 0.2) is 15.7 Å². The van der Waals surface area contributed by atoms with Gasteiger partial charge >= 0.3 is 0 Å². The molecule has 5 aromatic rings. The molecule has 21 heteroatoms. The second-order valence-electron chi connectivity index (χ2n) is 17.7. The summed E-state index contributed by atoms with van der Waals surface area (Å²) in [6.45, 7) is 4.54. The third kappa shape index (κ3) is 8.95. The summed E-state index contributed by atoms with van der Waals surface area (Å²) in [5, 5.41) is 10.7. The lowest BCUT2D eigenvalue weighted by Crippen LogP contribution is -2.35. The number of anilines is 1. The molecule has 65 heavy (non-hydrogen) atoms. The fraction of sp³-hybridized carbons (Fsp3) is 0.455. The van der Waals surface area contributed by atoms with Gasteiger partial charge in [0.2, 0.25) is 15.9 Å². The van der Waals surface area contributed by atoms with Crippen LogP contribution in [0.4, 0.5) is 32.2 Å². The van der Waals surface area contributed by atoms with Crippen molar-refractivity contribution in [3.05, 3.63) is 93.0 Å². The molecule has 2 fully saturated rings. The van der Waals surface area contributed by atoms with Gasteiger partial charge in [-0.1, -0.05) is 37.4 Å². The van der Waals surface area contributed by atoms with Crippen LogP contribution in [0.3, 0.4) is 0 Å². The number of halogens is 7. The molecule has 346 valence electrons. The highest BCUT2D eigenvalue weighted by atomic mass is 35.5. The number of fused-ring (bicyclic) bond motifs is 2. The van der Waals surface area contributed by atoms with Gasteiger partial charge in [-0.05, 0) is 99.6 Å². The molecule has 0 spiro atoms. The zero-order valence-electron chi connectivity index (χ0n) is 35.7. The highest BCUT2D eigenvalue weighted by Crippen LogP contribution is 2.54. The fourth-order valence-electron chi connectivity index (χ4n) is 8.48. The van der Waals surface area contributed by atoms with Gasteiger partial charge in [-0.25, -0.2) is 39.4 Å². The van der Waals surface area contributed by atoms with E-state index in [1.165, 1.54) is 44.5 Å². The average molecular weight is 964 g/mol. The molecular weight excluding hydrogens is 920 g/mol. The Morgan fingerprint density at radius 3 is 2.26 bits per heavy atom. The van der Waals surface area contributed by atoms with Gasteiger partial charge in [0.05, 0.1) is 38.7 Å². The Hall–Kier alpha value is -5.13. The lowest BCUT2D eigenvalue weighted by atomic mass is 9.93. The number of carbonyl (C=O) groups is 1. The van der Waals surface area contributed by atoms with Crippen LogP contribution in [-0.2, 0) is 50.6 Å². The highest BCUT2D eigenvalue weighted by Gasteiger charge is 2.55. The number of alkyl halides is 4. The molecule has 2 N–H and O–H groups in total. The summed E-state index contributed by atoms with van der Waals surface area (Å²) in [5.41, 5.74) is -1.22. The van der Waals surface area contributed by atoms with Crippen molar-refractivity contribution in [2.45, 2.75) is 101 Å². The first-order valence-corrected chi connectivity index (χ1v) is 24.4. The Kier molecular flexibility index (Phi) is 11.9. The van der Waals surface area contributed by atoms with E-state index in [0.717, 1.165) is 25.0 Å². The maximum atomic E-state index is 15.7. The van der Waals surface area contributed by atoms with Crippen LogP contribution in [0.5, 0.6) is 0 Å². The molecule has 12 nitrogen and oxygen atoms in total. The molecule has 8 rings (SSSR count). The maximum Gasteiger partial charge on any atom is 0.292 e. The summed E-state index contributed by atoms with van der Waals surface area (Å²) >= 11 is 6.73. The van der Waals surface area contributed by atoms with Gasteiger partial charge in [0, 0.05) is 35.7 Å². The quantitative estimate of drug-likeness (QED) is 0.0829. The normalized spacial score (nSPS) is 19.0. The number of nitrogens with zero attached hydrogens (tertiary/aromatic N) is 5. The number of aryl methyl sites for hydroxylation is 1. The van der Waals surface area contributed by atoms with Crippen molar-refractivity contribution in [3.8, 4) is 23.0 Å². The molecule has 0 unspecified atom stereocenters. The molecular formula is C44H44ClF6N7O5S2. The first-order chi connectivity index (χ1) is 30.4. The van der Waals surface area contributed by atoms with E-state index in [1.807, 2.05) is 0 Å². The molecule has 3 aliphatic rings. The van der Waals surface area contributed by atoms with Gasteiger partial charge in [-0.3, -0.25) is 18.9 Å². The second-order valence-corrected chi connectivity index (χ2v) is 22.6. The standard InChI is InChI=1S/C44H44ClF6N7O5S2/c1-22-23(2)44(50,51)40-35(22)38(41(48)49)54-58(40)20-34(59)53-33(18-25-16-26(46)19-27(47)17-25)37-30(11-8-28(52-37)14-15-43(3,4)65(62,63)29-9-10-29)31-12-13-32(45)36-39(31)57(5)55-42(36)56-64(60,61)21-24-6-7-24/h8,11-13,16-17,19,22-24,29,33,41H,6-7,9-10,18,20-21H2,1-5H3,(H,53,59)(H,55,56)/t22-,23+,33-/m0/s1. The average Bonchev–Trinajstić information content (AvgIpc) is 4.14. The van der Waals surface area contributed by atoms with Crippen molar-refractivity contribution in [2.75, 3.05) is 10.5 Å². The second kappa shape index (κ2) is 16.6. The predicted octanol–water partition coefficient (Wildman–Crippen LogP) is 8.51. The number of carbonyl (C=O) groups excluding carboxylic acids is 1. The monoisotopic (exact) mass is 963 g/mol. The van der Waals surface area contributed by atoms with Crippen LogP contribution in [-0.4, -0.2) is 63.0 Å². The van der Waals surface area contributed by atoms with E-state index in [2.05, 4.69) is 32.1 Å². The summed E-state index contributed by atoms with van der Waals surface area (Å²) in [4.78, 5) is 19.0. The highest BCUT2D eigenvalue weighted by molar-refractivity contribution is 7.94. The molecule has 0 radical (unpaired) electrons. The number of amides is 1. The lowest BCUT2D eigenvalue weighted by molar-refractivity contribution is -0.123. The predicted molar refractivity (Wildman–Crippen MR) is 232 cm³/mol. The molecule has 0 bridgehead atoms. The molecule has 2 aromatic carbocycles. The molecule has 2 saturated carbocycles. The van der Waals surface area contributed by atoms with E-state index >= 15 is 8.78 Å². The Balaban J connectivity index is 1.28. The summed E-state index contributed by atoms with van der Waals surface area (Å²) in [6.07, 6.45) is -1.09. The minimum Gasteiger partial charge on any atom is -0.346 e. The Morgan fingerprint density at radius 2 is 1.63 bits per heavy atom. The number of sulfone groups is 1. The van der Waals surface area contributed by atoms with Crippen molar-refractivity contribution in [2.24, 2.45) is 18.9 Å². The summed E-state index contributed by atoms with van der Waals surface area (Å²) in [5.74, 6) is -3.52. The molecule has 3 aliphatic carbocycles. The Bertz CT molecular complexity index is 3030. The Labute approximate surface area is 376 Å². The van der Waals surface area contributed by atoms with E-state index in [0.29, 0.717) is 34.7 Å². The number of pyridine rings is 1. The third-order valence-electron chi connectivity index (χ3n) is 12.4. The maximum absolute atomic E-state index is 15.7. The fourth-order valence-corrected chi connectivity index (χ4v) is 12.0. The SMILES string of the molecule is C[C@@H]1c2c(C(F)F)nn(CC(=O)N[C@@H](Cc3cc(F)cc(F)c3)c3nc(C#CC(C)(C)S(=O)(=O)C4CC4)ccc3-c3ccc(Cl)c4c(NS(=O)(=O)CC5CC5)nn(C)c34)c2C(F)(F)[C@@H]1C. The van der Waals surface area contributed by atoms with E-state index in [1.54, 1.807) is 19.2 Å². The van der Waals surface area contributed by atoms with Gasteiger partial charge in [0.25, 0.3) is 12.3 Å². The van der Waals surface area contributed by atoms with E-state index in [-0.39, 0.29) is 56.0 Å². The summed E-state index contributed by atoms with van der Waals surface area (Å²) in [6, 6.07) is 7.36. The summed E-state index contributed by atoms with van der Waals surface area (Å²) < 4.78 is 145. The van der Waals surface area contributed by atoms with Crippen LogP contribution in [0.2, 0.25) is 5.02 Å². The minimum absolute atomic E-state index is 0.00493. The molecule has 0 saturated heterocycles. The van der Waals surface area contributed by atoms with Crippen molar-refractivity contribution < 1.29 is 48.0 Å². The number of hydrogen-bond donors (Lipinski definition) is 2. The molecule has 3 atom stereocenters. The molecule has 3 heterocycles. The topological polar surface area (TPSA) is 158 Å². The Morgan fingerprint density at radius 1 is 0.969 bits per heavy atom. The van der Waals surface area contributed by atoms with Crippen molar-refractivity contribution in [1.29, 1.82) is 0 Å². The van der Waals surface area contributed by atoms with Crippen molar-refractivity contribution in [1.82, 2.24) is 29.9 Å². The molecule has 0 aliphatic heterocycles. The lowest BCUT2D eigenvalue weighted by Gasteiger charge is -2.23. The zero-order valence-corrected chi connectivity index (χ0v) is 38.1. The van der Waals surface area contributed by atoms with E-state index in [4.69, 9.17) is 16.6 Å². The van der Waals surface area contributed by atoms with Crippen LogP contribution in [0.1, 0.15) is 106 Å². The van der Waals surface area contributed by atoms with Crippen molar-refractivity contribution in [3.63, 3.8) is 0 Å². The van der Waals surface area contributed by atoms with Crippen LogP contribution in [0, 0.1) is 35.3 Å². The summed E-state index contributed by atoms with van der Waals surface area (Å²) in [7, 11) is -6.01. The van der Waals surface area contributed by atoms with Crippen LogP contribution < -0.4 is 10.0 Å². The van der Waals surface area contributed by atoms with Gasteiger partial charge < -0.3 is 5.32 Å². The van der Waals surface area contributed by atoms with Gasteiger partial charge in [-0.2, -0.15) is 19.0 Å². The van der Waals surface area contributed by atoms with Gasteiger partial charge in [-0.15, -0.1) is 0 Å². The zero-order chi connectivity index (χ0) is 47.1. The third-order valence-corrected chi connectivity index (χ3v) is 17.0. The number of sulfonamides is 1. The van der Waals surface area contributed by atoms with Crippen LogP contribution in [0.15, 0.2) is 42.5 Å². The minimum atomic E-state index is -3.86.